The number of hydrogen-bond donors (Lipinski definition) is 1. The number of allylic oxidation sites excluding steroid dienone is 1. The van der Waals surface area contributed by atoms with E-state index in [-0.39, 0.29) is 0 Å². The SMILES string of the molecule is C=CCCCCCC(NC)C1CCSC1. The van der Waals surface area contributed by atoms with E-state index in [1.807, 2.05) is 6.08 Å². The predicted octanol–water partition coefficient (Wildman–Crippen LogP) is 3.46. The quantitative estimate of drug-likeness (QED) is 0.503. The molecule has 1 rings (SSSR count). The van der Waals surface area contributed by atoms with E-state index in [2.05, 4.69) is 30.7 Å². The van der Waals surface area contributed by atoms with Gasteiger partial charge in [0.1, 0.15) is 0 Å². The van der Waals surface area contributed by atoms with Gasteiger partial charge < -0.3 is 5.32 Å². The van der Waals surface area contributed by atoms with Crippen LogP contribution in [0, 0.1) is 5.92 Å². The van der Waals surface area contributed by atoms with Crippen molar-refractivity contribution in [1.82, 2.24) is 5.32 Å². The van der Waals surface area contributed by atoms with Crippen molar-refractivity contribution in [3.63, 3.8) is 0 Å². The van der Waals surface area contributed by atoms with Gasteiger partial charge in [-0.3, -0.25) is 0 Å². The van der Waals surface area contributed by atoms with Gasteiger partial charge >= 0.3 is 0 Å². The lowest BCUT2D eigenvalue weighted by molar-refractivity contribution is 0.371. The van der Waals surface area contributed by atoms with Crippen LogP contribution in [-0.2, 0) is 0 Å². The van der Waals surface area contributed by atoms with Crippen LogP contribution in [0.4, 0.5) is 0 Å². The van der Waals surface area contributed by atoms with Gasteiger partial charge in [0.05, 0.1) is 0 Å². The first-order valence-corrected chi connectivity index (χ1v) is 7.40. The molecular weight excluding hydrogens is 202 g/mol. The molecular formula is C13H25NS. The van der Waals surface area contributed by atoms with E-state index in [9.17, 15) is 0 Å². The van der Waals surface area contributed by atoms with E-state index in [0.29, 0.717) is 0 Å². The smallest absolute Gasteiger partial charge is 0.0100 e. The van der Waals surface area contributed by atoms with Gasteiger partial charge in [-0.25, -0.2) is 0 Å². The lowest BCUT2D eigenvalue weighted by Gasteiger charge is -2.22. The number of thioether (sulfide) groups is 1. The molecule has 1 saturated heterocycles. The summed E-state index contributed by atoms with van der Waals surface area (Å²) in [4.78, 5) is 0. The lowest BCUT2D eigenvalue weighted by atomic mass is 9.94. The van der Waals surface area contributed by atoms with Crippen molar-refractivity contribution in [2.24, 2.45) is 5.92 Å². The molecule has 0 radical (unpaired) electrons. The summed E-state index contributed by atoms with van der Waals surface area (Å²) in [6.07, 6.45) is 10.1. The molecule has 88 valence electrons. The Morgan fingerprint density at radius 1 is 1.47 bits per heavy atom. The highest BCUT2D eigenvalue weighted by Crippen LogP contribution is 2.28. The minimum atomic E-state index is 0.767. The molecule has 2 heteroatoms. The molecule has 2 unspecified atom stereocenters. The van der Waals surface area contributed by atoms with Crippen LogP contribution in [0.2, 0.25) is 0 Å². The molecule has 0 aliphatic carbocycles. The molecule has 0 amide bonds. The molecule has 0 aromatic rings. The highest BCUT2D eigenvalue weighted by Gasteiger charge is 2.23. The molecule has 2 atom stereocenters. The van der Waals surface area contributed by atoms with E-state index in [1.165, 1.54) is 50.0 Å². The number of unbranched alkanes of at least 4 members (excludes halogenated alkanes) is 3. The molecule has 1 fully saturated rings. The van der Waals surface area contributed by atoms with Crippen molar-refractivity contribution < 1.29 is 0 Å². The van der Waals surface area contributed by atoms with Crippen molar-refractivity contribution in [1.29, 1.82) is 0 Å². The fraction of sp³-hybridized carbons (Fsp3) is 0.846. The molecule has 1 nitrogen and oxygen atoms in total. The van der Waals surface area contributed by atoms with Crippen molar-refractivity contribution in [3.8, 4) is 0 Å². The van der Waals surface area contributed by atoms with E-state index in [4.69, 9.17) is 0 Å². The molecule has 1 heterocycles. The van der Waals surface area contributed by atoms with Crippen molar-refractivity contribution in [2.45, 2.75) is 44.6 Å². The Balaban J connectivity index is 2.07. The third-order valence-electron chi connectivity index (χ3n) is 3.33. The third-order valence-corrected chi connectivity index (χ3v) is 4.52. The van der Waals surface area contributed by atoms with Crippen molar-refractivity contribution >= 4 is 11.8 Å². The van der Waals surface area contributed by atoms with Crippen molar-refractivity contribution in [3.05, 3.63) is 12.7 Å². The molecule has 0 bridgehead atoms. The Morgan fingerprint density at radius 3 is 2.93 bits per heavy atom. The second-order valence-electron chi connectivity index (χ2n) is 4.45. The standard InChI is InChI=1S/C13H25NS/c1-3-4-5-6-7-8-13(14-2)12-9-10-15-11-12/h3,12-14H,1,4-11H2,2H3. The molecule has 1 aliphatic heterocycles. The normalized spacial score (nSPS) is 22.9. The topological polar surface area (TPSA) is 12.0 Å². The van der Waals surface area contributed by atoms with Gasteiger partial charge in [0.15, 0.2) is 0 Å². The van der Waals surface area contributed by atoms with Crippen LogP contribution in [0.1, 0.15) is 38.5 Å². The van der Waals surface area contributed by atoms with Crippen LogP contribution < -0.4 is 5.32 Å². The minimum Gasteiger partial charge on any atom is -0.317 e. The van der Waals surface area contributed by atoms with Crippen LogP contribution in [-0.4, -0.2) is 24.6 Å². The summed E-state index contributed by atoms with van der Waals surface area (Å²) in [6.45, 7) is 3.76. The lowest BCUT2D eigenvalue weighted by Crippen LogP contribution is -2.33. The second-order valence-corrected chi connectivity index (χ2v) is 5.60. The molecule has 0 aromatic heterocycles. The Labute approximate surface area is 99.1 Å². The maximum Gasteiger partial charge on any atom is 0.0100 e. The summed E-state index contributed by atoms with van der Waals surface area (Å²) in [5.74, 6) is 3.68. The summed E-state index contributed by atoms with van der Waals surface area (Å²) >= 11 is 2.12. The van der Waals surface area contributed by atoms with E-state index in [0.717, 1.165) is 12.0 Å². The molecule has 0 aromatic carbocycles. The molecule has 1 aliphatic rings. The average molecular weight is 227 g/mol. The zero-order valence-electron chi connectivity index (χ0n) is 10.0. The van der Waals surface area contributed by atoms with Gasteiger partial charge in [0.25, 0.3) is 0 Å². The second kappa shape index (κ2) is 8.23. The Kier molecular flexibility index (Phi) is 7.20. The fourth-order valence-corrected chi connectivity index (χ4v) is 3.65. The van der Waals surface area contributed by atoms with Gasteiger partial charge in [-0.2, -0.15) is 11.8 Å². The largest absolute Gasteiger partial charge is 0.317 e. The summed E-state index contributed by atoms with van der Waals surface area (Å²) < 4.78 is 0. The van der Waals surface area contributed by atoms with Crippen LogP contribution in [0.3, 0.4) is 0 Å². The van der Waals surface area contributed by atoms with Crippen molar-refractivity contribution in [2.75, 3.05) is 18.6 Å². The van der Waals surface area contributed by atoms with E-state index in [1.54, 1.807) is 0 Å². The van der Waals surface area contributed by atoms with Gasteiger partial charge in [0.2, 0.25) is 0 Å². The molecule has 1 N–H and O–H groups in total. The van der Waals surface area contributed by atoms with E-state index < -0.39 is 0 Å². The Hall–Kier alpha value is 0.0500. The fourth-order valence-electron chi connectivity index (χ4n) is 2.32. The number of rotatable bonds is 8. The van der Waals surface area contributed by atoms with Gasteiger partial charge in [-0.05, 0) is 50.2 Å². The zero-order chi connectivity index (χ0) is 10.9. The summed E-state index contributed by atoms with van der Waals surface area (Å²) in [5.41, 5.74) is 0. The summed E-state index contributed by atoms with van der Waals surface area (Å²) in [7, 11) is 2.12. The Morgan fingerprint density at radius 2 is 2.33 bits per heavy atom. The first kappa shape index (κ1) is 13.1. The predicted molar refractivity (Wildman–Crippen MR) is 71.6 cm³/mol. The van der Waals surface area contributed by atoms with Crippen LogP contribution in [0.25, 0.3) is 0 Å². The van der Waals surface area contributed by atoms with E-state index >= 15 is 0 Å². The highest BCUT2D eigenvalue weighted by atomic mass is 32.2. The number of nitrogens with one attached hydrogen (secondary N) is 1. The first-order valence-electron chi connectivity index (χ1n) is 6.24. The maximum atomic E-state index is 3.76. The van der Waals surface area contributed by atoms with Crippen LogP contribution in [0.15, 0.2) is 12.7 Å². The maximum absolute atomic E-state index is 3.76. The summed E-state index contributed by atoms with van der Waals surface area (Å²) in [5, 5.41) is 3.50. The van der Waals surface area contributed by atoms with Gasteiger partial charge in [-0.15, -0.1) is 6.58 Å². The first-order chi connectivity index (χ1) is 7.38. The summed E-state index contributed by atoms with van der Waals surface area (Å²) in [6, 6.07) is 0.767. The average Bonchev–Trinajstić information content (AvgIpc) is 2.77. The minimum absolute atomic E-state index is 0.767. The number of hydrogen-bond acceptors (Lipinski definition) is 2. The van der Waals surface area contributed by atoms with Gasteiger partial charge in [-0.1, -0.05) is 18.9 Å². The molecule has 0 saturated carbocycles. The van der Waals surface area contributed by atoms with Crippen LogP contribution in [0.5, 0.6) is 0 Å². The van der Waals surface area contributed by atoms with Gasteiger partial charge in [0, 0.05) is 6.04 Å². The molecule has 0 spiro atoms. The Bertz CT molecular complexity index is 164. The third kappa shape index (κ3) is 5.07. The monoisotopic (exact) mass is 227 g/mol. The van der Waals surface area contributed by atoms with Crippen LogP contribution >= 0.6 is 11.8 Å². The highest BCUT2D eigenvalue weighted by molar-refractivity contribution is 7.99. The zero-order valence-corrected chi connectivity index (χ0v) is 10.8. The molecule has 15 heavy (non-hydrogen) atoms.